The first-order valence-corrected chi connectivity index (χ1v) is 11.1. The van der Waals surface area contributed by atoms with Crippen LogP contribution in [0.4, 0.5) is 11.5 Å². The summed E-state index contributed by atoms with van der Waals surface area (Å²) in [7, 11) is 0. The predicted octanol–water partition coefficient (Wildman–Crippen LogP) is 2.83. The van der Waals surface area contributed by atoms with Gasteiger partial charge >= 0.3 is 5.97 Å². The number of hydrogen-bond acceptors (Lipinski definition) is 7. The van der Waals surface area contributed by atoms with Crippen molar-refractivity contribution in [3.05, 3.63) is 64.8 Å². The number of pyridine rings is 1. The Balaban J connectivity index is 1.56. The molecule has 11 heteroatoms. The van der Waals surface area contributed by atoms with E-state index in [-0.39, 0.29) is 25.0 Å². The fourth-order valence-electron chi connectivity index (χ4n) is 4.60. The molecule has 2 atom stereocenters. The second kappa shape index (κ2) is 8.73. The standard InChI is InChI=1S/C24H23N7O4/c1-15-13-16(3-4-17(15)30-12-2-10-27-30)28-21-20-18(6-11-26-22(20)32)31(29-21)24(8-9-25)7-5-19(23(33)34)35-14-24/h2-4,6,10-13,19H,5,7-8,14H2,1H3,(H,26,32)(H,28,29)(H,33,34). The molecule has 1 fully saturated rings. The van der Waals surface area contributed by atoms with Crippen molar-refractivity contribution in [2.75, 3.05) is 11.9 Å². The molecule has 1 saturated heterocycles. The first-order chi connectivity index (χ1) is 16.9. The van der Waals surface area contributed by atoms with Gasteiger partial charge in [-0.2, -0.15) is 15.5 Å². The number of carbonyl (C=O) groups is 1. The fraction of sp³-hybridized carbons (Fsp3) is 0.292. The molecule has 1 aliphatic heterocycles. The normalized spacial score (nSPS) is 19.9. The summed E-state index contributed by atoms with van der Waals surface area (Å²) in [6.07, 6.45) is 4.83. The second-order valence-corrected chi connectivity index (χ2v) is 8.64. The Morgan fingerprint density at radius 3 is 2.94 bits per heavy atom. The number of hydrogen-bond donors (Lipinski definition) is 3. The van der Waals surface area contributed by atoms with Gasteiger partial charge in [0.15, 0.2) is 11.9 Å². The van der Waals surface area contributed by atoms with Crippen molar-refractivity contribution >= 4 is 28.4 Å². The average Bonchev–Trinajstić information content (AvgIpc) is 3.49. The summed E-state index contributed by atoms with van der Waals surface area (Å²) in [5, 5.41) is 31.5. The maximum Gasteiger partial charge on any atom is 0.332 e. The summed E-state index contributed by atoms with van der Waals surface area (Å²) in [6.45, 7) is 1.96. The topological polar surface area (TPSA) is 151 Å². The number of H-pyrrole nitrogens is 1. The Kier molecular flexibility index (Phi) is 5.58. The number of rotatable bonds is 6. The third-order valence-corrected chi connectivity index (χ3v) is 6.37. The van der Waals surface area contributed by atoms with Gasteiger partial charge in [-0.3, -0.25) is 9.48 Å². The zero-order valence-corrected chi connectivity index (χ0v) is 18.9. The molecule has 3 N–H and O–H groups in total. The number of anilines is 2. The van der Waals surface area contributed by atoms with Crippen LogP contribution in [-0.2, 0) is 15.1 Å². The van der Waals surface area contributed by atoms with Gasteiger partial charge in [-0.15, -0.1) is 0 Å². The molecule has 0 spiro atoms. The number of aliphatic carboxylic acids is 1. The van der Waals surface area contributed by atoms with Crippen LogP contribution in [0, 0.1) is 18.3 Å². The minimum Gasteiger partial charge on any atom is -0.479 e. The van der Waals surface area contributed by atoms with E-state index < -0.39 is 17.6 Å². The zero-order valence-electron chi connectivity index (χ0n) is 18.9. The minimum atomic E-state index is -1.03. The van der Waals surface area contributed by atoms with Crippen molar-refractivity contribution in [1.29, 1.82) is 5.26 Å². The first-order valence-electron chi connectivity index (χ1n) is 11.1. The van der Waals surface area contributed by atoms with Crippen LogP contribution in [0.2, 0.25) is 0 Å². The number of nitriles is 1. The molecule has 4 heterocycles. The highest BCUT2D eigenvalue weighted by Crippen LogP contribution is 2.37. The van der Waals surface area contributed by atoms with Gasteiger partial charge in [0.1, 0.15) is 5.39 Å². The number of nitrogens with one attached hydrogen (secondary N) is 2. The molecule has 0 radical (unpaired) electrons. The monoisotopic (exact) mass is 473 g/mol. The Bertz CT molecular complexity index is 1490. The van der Waals surface area contributed by atoms with Crippen LogP contribution in [0.3, 0.4) is 0 Å². The summed E-state index contributed by atoms with van der Waals surface area (Å²) in [5.74, 6) is -0.695. The summed E-state index contributed by atoms with van der Waals surface area (Å²) in [5.41, 5.74) is 1.94. The molecule has 0 saturated carbocycles. The summed E-state index contributed by atoms with van der Waals surface area (Å²) in [4.78, 5) is 26.9. The molecular weight excluding hydrogens is 450 g/mol. The predicted molar refractivity (Wildman–Crippen MR) is 127 cm³/mol. The maximum atomic E-state index is 12.8. The molecule has 1 aromatic carbocycles. The number of fused-ring (bicyclic) bond motifs is 1. The molecule has 178 valence electrons. The molecule has 3 aromatic heterocycles. The maximum absolute atomic E-state index is 12.8. The SMILES string of the molecule is Cc1cc(Nc2nn(C3(CC#N)CCC(C(=O)O)OC3)c3cc[nH]c(=O)c23)ccc1-n1cccn1. The lowest BCUT2D eigenvalue weighted by Gasteiger charge is -2.38. The van der Waals surface area contributed by atoms with Crippen LogP contribution in [0.1, 0.15) is 24.8 Å². The van der Waals surface area contributed by atoms with Crippen LogP contribution in [0.25, 0.3) is 16.6 Å². The van der Waals surface area contributed by atoms with Crippen LogP contribution >= 0.6 is 0 Å². The molecule has 11 nitrogen and oxygen atoms in total. The van der Waals surface area contributed by atoms with Crippen molar-refractivity contribution in [2.45, 2.75) is 37.8 Å². The van der Waals surface area contributed by atoms with Gasteiger partial charge in [0.25, 0.3) is 5.56 Å². The molecule has 0 aliphatic carbocycles. The molecule has 1 aliphatic rings. The van der Waals surface area contributed by atoms with Gasteiger partial charge in [-0.05, 0) is 55.7 Å². The average molecular weight is 473 g/mol. The number of carboxylic acid groups (broad SMARTS) is 1. The molecule has 4 aromatic rings. The van der Waals surface area contributed by atoms with E-state index in [9.17, 15) is 20.0 Å². The third kappa shape index (κ3) is 3.94. The van der Waals surface area contributed by atoms with Gasteiger partial charge in [-0.1, -0.05) is 0 Å². The summed E-state index contributed by atoms with van der Waals surface area (Å²) < 4.78 is 9.02. The summed E-state index contributed by atoms with van der Waals surface area (Å²) >= 11 is 0. The van der Waals surface area contributed by atoms with Gasteiger partial charge < -0.3 is 20.1 Å². The summed E-state index contributed by atoms with van der Waals surface area (Å²) in [6, 6.07) is 11.5. The van der Waals surface area contributed by atoms with E-state index in [1.54, 1.807) is 21.6 Å². The molecular formula is C24H23N7O4. The van der Waals surface area contributed by atoms with Crippen molar-refractivity contribution in [2.24, 2.45) is 0 Å². The number of aromatic nitrogens is 5. The number of nitrogens with zero attached hydrogens (tertiary/aromatic N) is 5. The Morgan fingerprint density at radius 1 is 1.43 bits per heavy atom. The van der Waals surface area contributed by atoms with Gasteiger partial charge in [0, 0.05) is 24.3 Å². The van der Waals surface area contributed by atoms with E-state index in [4.69, 9.17) is 9.84 Å². The fourth-order valence-corrected chi connectivity index (χ4v) is 4.60. The van der Waals surface area contributed by atoms with E-state index in [0.29, 0.717) is 23.1 Å². The van der Waals surface area contributed by atoms with E-state index in [1.165, 1.54) is 6.20 Å². The molecule has 5 rings (SSSR count). The van der Waals surface area contributed by atoms with Gasteiger partial charge in [0.2, 0.25) is 0 Å². The van der Waals surface area contributed by atoms with Crippen molar-refractivity contribution in [3.8, 4) is 11.8 Å². The van der Waals surface area contributed by atoms with Crippen molar-refractivity contribution in [3.63, 3.8) is 0 Å². The van der Waals surface area contributed by atoms with Crippen molar-refractivity contribution in [1.82, 2.24) is 24.5 Å². The third-order valence-electron chi connectivity index (χ3n) is 6.37. The van der Waals surface area contributed by atoms with Crippen molar-refractivity contribution < 1.29 is 14.6 Å². The molecule has 0 amide bonds. The minimum absolute atomic E-state index is 0.00176. The lowest BCUT2D eigenvalue weighted by Crippen LogP contribution is -2.46. The molecule has 2 unspecified atom stereocenters. The van der Waals surface area contributed by atoms with Crippen LogP contribution < -0.4 is 10.9 Å². The smallest absolute Gasteiger partial charge is 0.332 e. The quantitative estimate of drug-likeness (QED) is 0.387. The highest BCUT2D eigenvalue weighted by atomic mass is 16.5. The zero-order chi connectivity index (χ0) is 24.6. The molecule has 35 heavy (non-hydrogen) atoms. The first kappa shape index (κ1) is 22.4. The highest BCUT2D eigenvalue weighted by Gasteiger charge is 2.42. The molecule has 0 bridgehead atoms. The second-order valence-electron chi connectivity index (χ2n) is 8.64. The lowest BCUT2D eigenvalue weighted by molar-refractivity contribution is -0.158. The van der Waals surface area contributed by atoms with E-state index in [2.05, 4.69) is 21.5 Å². The van der Waals surface area contributed by atoms with Gasteiger partial charge in [0.05, 0.1) is 35.8 Å². The van der Waals surface area contributed by atoms with Crippen LogP contribution in [-0.4, -0.2) is 48.3 Å². The van der Waals surface area contributed by atoms with E-state index in [1.807, 2.05) is 37.4 Å². The number of carboxylic acids is 1. The van der Waals surface area contributed by atoms with E-state index in [0.717, 1.165) is 16.9 Å². The number of aromatic amines is 1. The Hall–Kier alpha value is -4.43. The Morgan fingerprint density at radius 2 is 2.29 bits per heavy atom. The van der Waals surface area contributed by atoms with Crippen LogP contribution in [0.5, 0.6) is 0 Å². The number of benzene rings is 1. The Labute approximate surface area is 199 Å². The van der Waals surface area contributed by atoms with E-state index >= 15 is 0 Å². The van der Waals surface area contributed by atoms with Gasteiger partial charge in [-0.25, -0.2) is 9.48 Å². The van der Waals surface area contributed by atoms with Crippen LogP contribution in [0.15, 0.2) is 53.7 Å². The largest absolute Gasteiger partial charge is 0.479 e. The number of aryl methyl sites for hydroxylation is 1. The highest BCUT2D eigenvalue weighted by molar-refractivity contribution is 5.91. The lowest BCUT2D eigenvalue weighted by atomic mass is 9.87. The number of ether oxygens (including phenoxy) is 1.